The number of benzene rings is 1. The minimum Gasteiger partial charge on any atom is -0.493 e. The van der Waals surface area contributed by atoms with Gasteiger partial charge in [0.05, 0.1) is 26.2 Å². The molecule has 3 rings (SSSR count). The van der Waals surface area contributed by atoms with E-state index in [0.717, 1.165) is 36.2 Å². The van der Waals surface area contributed by atoms with Crippen LogP contribution in [0.5, 0.6) is 5.75 Å². The van der Waals surface area contributed by atoms with Crippen molar-refractivity contribution in [3.05, 3.63) is 28.7 Å². The summed E-state index contributed by atoms with van der Waals surface area (Å²) < 4.78 is 17.8. The summed E-state index contributed by atoms with van der Waals surface area (Å²) in [4.78, 5) is 14.3. The highest BCUT2D eigenvalue weighted by atomic mass is 79.9. The Morgan fingerprint density at radius 2 is 2.17 bits per heavy atom. The van der Waals surface area contributed by atoms with Gasteiger partial charge in [0.25, 0.3) is 0 Å². The SMILES string of the molecule is O=C(CCOc1cccc(Br)c1)N1CCCC(C2OCCO2)C1. The standard InChI is InChI=1S/C17H22BrNO4/c18-14-4-1-5-15(11-14)21-8-6-16(20)19-7-2-3-13(12-19)17-22-9-10-23-17/h1,4-5,11,13,17H,2-3,6-10,12H2. The van der Waals surface area contributed by atoms with Gasteiger partial charge in [-0.2, -0.15) is 0 Å². The third-order valence-electron chi connectivity index (χ3n) is 4.22. The Labute approximate surface area is 145 Å². The predicted octanol–water partition coefficient (Wildman–Crippen LogP) is 2.83. The molecule has 1 unspecified atom stereocenters. The van der Waals surface area contributed by atoms with E-state index in [0.29, 0.717) is 32.2 Å². The number of halogens is 1. The van der Waals surface area contributed by atoms with Crippen LogP contribution in [0, 0.1) is 5.92 Å². The molecule has 0 radical (unpaired) electrons. The summed E-state index contributed by atoms with van der Waals surface area (Å²) in [7, 11) is 0. The van der Waals surface area contributed by atoms with Crippen molar-refractivity contribution in [2.75, 3.05) is 32.9 Å². The second-order valence-electron chi connectivity index (χ2n) is 5.91. The van der Waals surface area contributed by atoms with Crippen molar-refractivity contribution in [3.63, 3.8) is 0 Å². The summed E-state index contributed by atoms with van der Waals surface area (Å²) in [5, 5.41) is 0. The van der Waals surface area contributed by atoms with E-state index in [1.54, 1.807) is 0 Å². The molecule has 1 atom stereocenters. The number of hydrogen-bond donors (Lipinski definition) is 0. The number of carbonyl (C=O) groups is 1. The molecular formula is C17H22BrNO4. The summed E-state index contributed by atoms with van der Waals surface area (Å²) in [6.07, 6.45) is 2.32. The van der Waals surface area contributed by atoms with Gasteiger partial charge in [-0.3, -0.25) is 4.79 Å². The molecule has 5 nitrogen and oxygen atoms in total. The van der Waals surface area contributed by atoms with Crippen LogP contribution in [0.1, 0.15) is 19.3 Å². The molecule has 1 amide bonds. The number of carbonyl (C=O) groups excluding carboxylic acids is 1. The van der Waals surface area contributed by atoms with Crippen molar-refractivity contribution in [1.29, 1.82) is 0 Å². The van der Waals surface area contributed by atoms with Crippen molar-refractivity contribution < 1.29 is 19.0 Å². The van der Waals surface area contributed by atoms with Crippen molar-refractivity contribution in [3.8, 4) is 5.75 Å². The molecule has 0 aliphatic carbocycles. The van der Waals surface area contributed by atoms with Gasteiger partial charge < -0.3 is 19.1 Å². The van der Waals surface area contributed by atoms with Gasteiger partial charge in [0.1, 0.15) is 5.75 Å². The monoisotopic (exact) mass is 383 g/mol. The molecule has 1 aromatic carbocycles. The quantitative estimate of drug-likeness (QED) is 0.784. The van der Waals surface area contributed by atoms with Crippen LogP contribution >= 0.6 is 15.9 Å². The first-order valence-electron chi connectivity index (χ1n) is 8.12. The minimum atomic E-state index is -0.136. The average Bonchev–Trinajstić information content (AvgIpc) is 3.09. The summed E-state index contributed by atoms with van der Waals surface area (Å²) in [5.74, 6) is 1.21. The Morgan fingerprint density at radius 1 is 1.35 bits per heavy atom. The topological polar surface area (TPSA) is 48.0 Å². The lowest BCUT2D eigenvalue weighted by atomic mass is 9.97. The Bertz CT molecular complexity index is 533. The van der Waals surface area contributed by atoms with E-state index in [9.17, 15) is 4.79 Å². The fraction of sp³-hybridized carbons (Fsp3) is 0.588. The van der Waals surface area contributed by atoms with Crippen LogP contribution < -0.4 is 4.74 Å². The molecule has 0 saturated carbocycles. The van der Waals surface area contributed by atoms with Gasteiger partial charge in [0, 0.05) is 23.5 Å². The van der Waals surface area contributed by atoms with Crippen molar-refractivity contribution in [2.24, 2.45) is 5.92 Å². The van der Waals surface area contributed by atoms with Gasteiger partial charge in [-0.1, -0.05) is 22.0 Å². The van der Waals surface area contributed by atoms with E-state index >= 15 is 0 Å². The molecule has 0 aromatic heterocycles. The highest BCUT2D eigenvalue weighted by Gasteiger charge is 2.32. The van der Waals surface area contributed by atoms with Crippen LogP contribution in [-0.2, 0) is 14.3 Å². The number of likely N-dealkylation sites (tertiary alicyclic amines) is 1. The number of piperidine rings is 1. The summed E-state index contributed by atoms with van der Waals surface area (Å²) in [6, 6.07) is 7.65. The van der Waals surface area contributed by atoms with Crippen LogP contribution in [0.3, 0.4) is 0 Å². The molecule has 2 fully saturated rings. The first-order chi connectivity index (χ1) is 11.2. The van der Waals surface area contributed by atoms with E-state index in [1.165, 1.54) is 0 Å². The fourth-order valence-electron chi connectivity index (χ4n) is 3.08. The number of hydrogen-bond acceptors (Lipinski definition) is 4. The molecule has 2 heterocycles. The Hall–Kier alpha value is -1.11. The van der Waals surface area contributed by atoms with Crippen LogP contribution in [0.15, 0.2) is 28.7 Å². The summed E-state index contributed by atoms with van der Waals surface area (Å²) in [6.45, 7) is 3.26. The molecule has 0 N–H and O–H groups in total. The zero-order valence-electron chi connectivity index (χ0n) is 13.1. The lowest BCUT2D eigenvalue weighted by Gasteiger charge is -2.34. The maximum Gasteiger partial charge on any atom is 0.226 e. The van der Waals surface area contributed by atoms with E-state index in [2.05, 4.69) is 15.9 Å². The zero-order valence-corrected chi connectivity index (χ0v) is 14.7. The lowest BCUT2D eigenvalue weighted by Crippen LogP contribution is -2.44. The van der Waals surface area contributed by atoms with E-state index in [4.69, 9.17) is 14.2 Å². The minimum absolute atomic E-state index is 0.136. The Morgan fingerprint density at radius 3 is 2.96 bits per heavy atom. The summed E-state index contributed by atoms with van der Waals surface area (Å²) >= 11 is 3.41. The first-order valence-corrected chi connectivity index (χ1v) is 8.91. The molecular weight excluding hydrogens is 362 g/mol. The van der Waals surface area contributed by atoms with Gasteiger partial charge in [0.15, 0.2) is 6.29 Å². The molecule has 23 heavy (non-hydrogen) atoms. The number of ether oxygens (including phenoxy) is 3. The van der Waals surface area contributed by atoms with E-state index in [1.807, 2.05) is 29.2 Å². The molecule has 2 saturated heterocycles. The largest absolute Gasteiger partial charge is 0.493 e. The fourth-order valence-corrected chi connectivity index (χ4v) is 3.46. The van der Waals surface area contributed by atoms with Gasteiger partial charge in [-0.15, -0.1) is 0 Å². The second-order valence-corrected chi connectivity index (χ2v) is 6.82. The maximum atomic E-state index is 12.4. The van der Waals surface area contributed by atoms with Crippen molar-refractivity contribution in [2.45, 2.75) is 25.6 Å². The third kappa shape index (κ3) is 4.68. The smallest absolute Gasteiger partial charge is 0.226 e. The van der Waals surface area contributed by atoms with E-state index in [-0.39, 0.29) is 12.2 Å². The molecule has 1 aromatic rings. The highest BCUT2D eigenvalue weighted by Crippen LogP contribution is 2.25. The first kappa shape index (κ1) is 16.7. The molecule has 2 aliphatic rings. The van der Waals surface area contributed by atoms with Crippen LogP contribution in [0.25, 0.3) is 0 Å². The van der Waals surface area contributed by atoms with Gasteiger partial charge in [-0.05, 0) is 31.0 Å². The molecule has 0 spiro atoms. The number of nitrogens with zero attached hydrogens (tertiary/aromatic N) is 1. The Kier molecular flexibility index (Phi) is 5.91. The van der Waals surface area contributed by atoms with Gasteiger partial charge in [0.2, 0.25) is 5.91 Å². The number of rotatable bonds is 5. The third-order valence-corrected chi connectivity index (χ3v) is 4.72. The van der Waals surface area contributed by atoms with Crippen molar-refractivity contribution in [1.82, 2.24) is 4.90 Å². The molecule has 0 bridgehead atoms. The maximum absolute atomic E-state index is 12.4. The van der Waals surface area contributed by atoms with E-state index < -0.39 is 0 Å². The number of amides is 1. The highest BCUT2D eigenvalue weighted by molar-refractivity contribution is 9.10. The Balaban J connectivity index is 1.44. The second kappa shape index (κ2) is 8.13. The molecule has 6 heteroatoms. The van der Waals surface area contributed by atoms with Crippen LogP contribution in [0.2, 0.25) is 0 Å². The molecule has 2 aliphatic heterocycles. The van der Waals surface area contributed by atoms with Crippen molar-refractivity contribution >= 4 is 21.8 Å². The molecule has 126 valence electrons. The van der Waals surface area contributed by atoms with Crippen LogP contribution in [-0.4, -0.2) is 50.0 Å². The normalized spacial score (nSPS) is 22.3. The lowest BCUT2D eigenvalue weighted by molar-refractivity contribution is -0.139. The van der Waals surface area contributed by atoms with Crippen LogP contribution in [0.4, 0.5) is 0 Å². The summed E-state index contributed by atoms with van der Waals surface area (Å²) in [5.41, 5.74) is 0. The predicted molar refractivity (Wildman–Crippen MR) is 89.3 cm³/mol. The zero-order chi connectivity index (χ0) is 16.1. The average molecular weight is 384 g/mol. The van der Waals surface area contributed by atoms with Gasteiger partial charge in [-0.25, -0.2) is 0 Å². The van der Waals surface area contributed by atoms with Gasteiger partial charge >= 0.3 is 0 Å².